The second kappa shape index (κ2) is 4.06. The summed E-state index contributed by atoms with van der Waals surface area (Å²) in [5, 5.41) is 0. The van der Waals surface area contributed by atoms with Crippen LogP contribution in [0, 0.1) is 11.3 Å². The Morgan fingerprint density at radius 2 is 1.92 bits per heavy atom. The molecule has 0 aromatic heterocycles. The molecule has 0 aliphatic carbocycles. The Kier molecular flexibility index (Phi) is 3.94. The molecule has 0 aromatic rings. The van der Waals surface area contributed by atoms with E-state index in [1.807, 2.05) is 13.8 Å². The molecule has 0 saturated heterocycles. The highest BCUT2D eigenvalue weighted by Gasteiger charge is 2.33. The van der Waals surface area contributed by atoms with Crippen LogP contribution in [0.25, 0.3) is 0 Å². The van der Waals surface area contributed by atoms with Gasteiger partial charge in [-0.25, -0.2) is 4.57 Å². The van der Waals surface area contributed by atoms with E-state index < -0.39 is 19.6 Å². The molecule has 1 atom stereocenters. The Morgan fingerprint density at radius 3 is 2.17 bits per heavy atom. The molecule has 0 aliphatic heterocycles. The van der Waals surface area contributed by atoms with Gasteiger partial charge in [-0.05, 0) is 19.8 Å². The Morgan fingerprint density at radius 1 is 1.50 bits per heavy atom. The molecule has 0 saturated carbocycles. The van der Waals surface area contributed by atoms with Crippen LogP contribution in [-0.4, -0.2) is 10.9 Å². The molecule has 0 bridgehead atoms. The molecule has 0 heterocycles. The molecular formula is C7H15O4P. The van der Waals surface area contributed by atoms with Crippen LogP contribution < -0.4 is 0 Å². The molecule has 0 spiro atoms. The highest BCUT2D eigenvalue weighted by Crippen LogP contribution is 2.31. The fraction of sp³-hybridized carbons (Fsp3) is 0.857. The van der Waals surface area contributed by atoms with Crippen molar-refractivity contribution in [1.29, 1.82) is 0 Å². The molecule has 0 rings (SSSR count). The first-order valence-corrected chi connectivity index (χ1v) is 5.00. The summed E-state index contributed by atoms with van der Waals surface area (Å²) >= 11 is 0. The highest BCUT2D eigenvalue weighted by atomic mass is 31.1. The van der Waals surface area contributed by atoms with Gasteiger partial charge in [0.05, 0.1) is 5.41 Å². The number of carbonyl (C=O) groups is 1. The van der Waals surface area contributed by atoms with Gasteiger partial charge < -0.3 is 9.42 Å². The molecule has 4 nitrogen and oxygen atoms in total. The van der Waals surface area contributed by atoms with Crippen molar-refractivity contribution >= 4 is 14.2 Å². The molecule has 0 radical (unpaired) electrons. The minimum absolute atomic E-state index is 0.0753. The third-order valence-electron chi connectivity index (χ3n) is 2.15. The van der Waals surface area contributed by atoms with E-state index in [0.717, 1.165) is 0 Å². The Balaban J connectivity index is 4.36. The summed E-state index contributed by atoms with van der Waals surface area (Å²) in [6.45, 7) is 7.08. The fourth-order valence-corrected chi connectivity index (χ4v) is 0.868. The van der Waals surface area contributed by atoms with Gasteiger partial charge in [-0.15, -0.1) is 0 Å². The van der Waals surface area contributed by atoms with Gasteiger partial charge in [0.25, 0.3) is 0 Å². The summed E-state index contributed by atoms with van der Waals surface area (Å²) in [5.41, 5.74) is -0.705. The second-order valence-electron chi connectivity index (χ2n) is 3.53. The summed E-state index contributed by atoms with van der Waals surface area (Å²) in [6.07, 6.45) is 0. The van der Waals surface area contributed by atoms with Crippen molar-refractivity contribution in [1.82, 2.24) is 0 Å². The Labute approximate surface area is 72.9 Å². The standard InChI is InChI=1S/C7H15O4P/c1-5(2)7(3,4)6(8)11-12(9)10/h5,12H,1-4H3,(H,9,10). The van der Waals surface area contributed by atoms with Crippen molar-refractivity contribution in [2.45, 2.75) is 27.7 Å². The quantitative estimate of drug-likeness (QED) is 0.693. The molecule has 1 unspecified atom stereocenters. The molecule has 72 valence electrons. The van der Waals surface area contributed by atoms with E-state index in [9.17, 15) is 9.36 Å². The van der Waals surface area contributed by atoms with Crippen LogP contribution in [0.2, 0.25) is 0 Å². The van der Waals surface area contributed by atoms with Gasteiger partial charge in [0.2, 0.25) is 0 Å². The van der Waals surface area contributed by atoms with Gasteiger partial charge in [0.1, 0.15) is 0 Å². The molecule has 0 fully saturated rings. The van der Waals surface area contributed by atoms with E-state index in [0.29, 0.717) is 0 Å². The predicted molar refractivity (Wildman–Crippen MR) is 45.9 cm³/mol. The van der Waals surface area contributed by atoms with E-state index in [4.69, 9.17) is 4.89 Å². The van der Waals surface area contributed by atoms with Crippen LogP contribution in [0.3, 0.4) is 0 Å². The minimum atomic E-state index is -3.15. The molecular weight excluding hydrogens is 179 g/mol. The van der Waals surface area contributed by atoms with Crippen molar-refractivity contribution < 1.29 is 18.8 Å². The zero-order valence-electron chi connectivity index (χ0n) is 7.75. The van der Waals surface area contributed by atoms with Gasteiger partial charge in [-0.2, -0.15) is 0 Å². The van der Waals surface area contributed by atoms with Crippen LogP contribution in [0.15, 0.2) is 0 Å². The summed E-state index contributed by atoms with van der Waals surface area (Å²) in [7, 11) is -3.15. The molecule has 0 amide bonds. The average molecular weight is 194 g/mol. The third kappa shape index (κ3) is 2.95. The second-order valence-corrected chi connectivity index (χ2v) is 4.27. The van der Waals surface area contributed by atoms with Crippen molar-refractivity contribution in [3.63, 3.8) is 0 Å². The van der Waals surface area contributed by atoms with E-state index in [1.165, 1.54) is 0 Å². The minimum Gasteiger partial charge on any atom is -0.393 e. The monoisotopic (exact) mass is 194 g/mol. The third-order valence-corrected chi connectivity index (χ3v) is 2.51. The van der Waals surface area contributed by atoms with Crippen LogP contribution in [0.5, 0.6) is 0 Å². The predicted octanol–water partition coefficient (Wildman–Crippen LogP) is 1.59. The first-order valence-electron chi connectivity index (χ1n) is 3.73. The van der Waals surface area contributed by atoms with Crippen molar-refractivity contribution in [3.05, 3.63) is 0 Å². The van der Waals surface area contributed by atoms with Crippen LogP contribution >= 0.6 is 8.25 Å². The lowest BCUT2D eigenvalue weighted by Gasteiger charge is -2.25. The summed E-state index contributed by atoms with van der Waals surface area (Å²) < 4.78 is 14.5. The molecule has 12 heavy (non-hydrogen) atoms. The lowest BCUT2D eigenvalue weighted by atomic mass is 9.81. The van der Waals surface area contributed by atoms with E-state index in [1.54, 1.807) is 13.8 Å². The maximum Gasteiger partial charge on any atom is 0.367 e. The number of hydrogen-bond acceptors (Lipinski definition) is 3. The largest absolute Gasteiger partial charge is 0.393 e. The molecule has 0 aromatic carbocycles. The van der Waals surface area contributed by atoms with E-state index in [-0.39, 0.29) is 5.92 Å². The average Bonchev–Trinajstić information content (AvgIpc) is 1.85. The van der Waals surface area contributed by atoms with E-state index in [2.05, 4.69) is 4.52 Å². The topological polar surface area (TPSA) is 63.6 Å². The van der Waals surface area contributed by atoms with Crippen molar-refractivity contribution in [2.24, 2.45) is 11.3 Å². The van der Waals surface area contributed by atoms with Crippen LogP contribution in [0.1, 0.15) is 27.7 Å². The summed E-state index contributed by atoms with van der Waals surface area (Å²) in [4.78, 5) is 19.5. The molecule has 0 aliphatic rings. The smallest absolute Gasteiger partial charge is 0.367 e. The zero-order valence-corrected chi connectivity index (χ0v) is 8.75. The first-order chi connectivity index (χ1) is 5.28. The summed E-state index contributed by atoms with van der Waals surface area (Å²) in [6, 6.07) is 0. The molecule has 1 N–H and O–H groups in total. The zero-order chi connectivity index (χ0) is 9.94. The van der Waals surface area contributed by atoms with Gasteiger partial charge in [-0.1, -0.05) is 13.8 Å². The number of rotatable bonds is 3. The van der Waals surface area contributed by atoms with Gasteiger partial charge in [-0.3, -0.25) is 4.79 Å². The number of carbonyl (C=O) groups excluding carboxylic acids is 1. The normalized spacial score (nSPS) is 14.5. The lowest BCUT2D eigenvalue weighted by Crippen LogP contribution is -2.30. The fourth-order valence-electron chi connectivity index (χ4n) is 0.447. The maximum atomic E-state index is 11.2. The van der Waals surface area contributed by atoms with E-state index >= 15 is 0 Å². The van der Waals surface area contributed by atoms with Gasteiger partial charge in [0, 0.05) is 0 Å². The SMILES string of the molecule is CC(C)C(C)(C)C(=O)O[PH](=O)O. The van der Waals surface area contributed by atoms with Gasteiger partial charge >= 0.3 is 14.2 Å². The highest BCUT2D eigenvalue weighted by molar-refractivity contribution is 7.32. The van der Waals surface area contributed by atoms with Crippen LogP contribution in [0.4, 0.5) is 0 Å². The van der Waals surface area contributed by atoms with Crippen molar-refractivity contribution in [2.75, 3.05) is 0 Å². The van der Waals surface area contributed by atoms with Crippen LogP contribution in [-0.2, 0) is 13.9 Å². The molecule has 5 heteroatoms. The summed E-state index contributed by atoms with van der Waals surface area (Å²) in [5.74, 6) is -0.546. The lowest BCUT2D eigenvalue weighted by molar-refractivity contribution is -0.146. The van der Waals surface area contributed by atoms with Gasteiger partial charge in [0.15, 0.2) is 0 Å². The Bertz CT molecular complexity index is 198. The Hall–Kier alpha value is -0.340. The number of hydrogen-bond donors (Lipinski definition) is 1. The maximum absolute atomic E-state index is 11.2. The van der Waals surface area contributed by atoms with Crippen molar-refractivity contribution in [3.8, 4) is 0 Å². The first kappa shape index (κ1) is 11.7.